The topological polar surface area (TPSA) is 55.8 Å². The normalized spacial score (nSPS) is 12.9. The molecule has 1 rings (SSSR count). The van der Waals surface area contributed by atoms with E-state index in [1.807, 2.05) is 0 Å². The summed E-state index contributed by atoms with van der Waals surface area (Å²) in [6, 6.07) is 3.24. The molecule has 20 heavy (non-hydrogen) atoms. The van der Waals surface area contributed by atoms with Crippen molar-refractivity contribution < 1.29 is 23.8 Å². The van der Waals surface area contributed by atoms with E-state index in [1.165, 1.54) is 21.0 Å². The molecular formula is C15H21FO4. The minimum Gasteiger partial charge on any atom is -0.496 e. The molecule has 0 aromatic heterocycles. The third-order valence-electron chi connectivity index (χ3n) is 3.04. The maximum atomic E-state index is 14.2. The molecule has 1 aromatic rings. The fourth-order valence-electron chi connectivity index (χ4n) is 2.06. The molecule has 1 N–H and O–H groups in total. The van der Waals surface area contributed by atoms with E-state index in [0.717, 1.165) is 0 Å². The average Bonchev–Trinajstić information content (AvgIpc) is 2.36. The summed E-state index contributed by atoms with van der Waals surface area (Å²) in [5, 5.41) is 10.1. The van der Waals surface area contributed by atoms with Crippen LogP contribution in [0, 0.1) is 6.92 Å². The molecular weight excluding hydrogens is 263 g/mol. The zero-order valence-corrected chi connectivity index (χ0v) is 12.5. The molecule has 4 nitrogen and oxygen atoms in total. The summed E-state index contributed by atoms with van der Waals surface area (Å²) in [4.78, 5) is 11.7. The van der Waals surface area contributed by atoms with Crippen LogP contribution in [0.3, 0.4) is 0 Å². The first-order valence-corrected chi connectivity index (χ1v) is 6.45. The van der Waals surface area contributed by atoms with Gasteiger partial charge in [-0.15, -0.1) is 0 Å². The van der Waals surface area contributed by atoms with Gasteiger partial charge in [0.1, 0.15) is 11.4 Å². The molecule has 0 aliphatic carbocycles. The lowest BCUT2D eigenvalue weighted by Crippen LogP contribution is -2.20. The number of benzene rings is 1. The molecule has 0 saturated carbocycles. The fraction of sp³-hybridized carbons (Fsp3) is 0.533. The Balaban J connectivity index is 3.41. The van der Waals surface area contributed by atoms with E-state index < -0.39 is 17.7 Å². The van der Waals surface area contributed by atoms with E-state index in [-0.39, 0.29) is 23.5 Å². The van der Waals surface area contributed by atoms with Gasteiger partial charge in [0.15, 0.2) is 6.10 Å². The highest BCUT2D eigenvalue weighted by atomic mass is 19.1. The molecule has 0 aliphatic rings. The highest BCUT2D eigenvalue weighted by Crippen LogP contribution is 2.39. The predicted molar refractivity (Wildman–Crippen MR) is 73.5 cm³/mol. The number of aliphatic hydroxyl groups is 1. The highest BCUT2D eigenvalue weighted by molar-refractivity contribution is 5.78. The van der Waals surface area contributed by atoms with Crippen molar-refractivity contribution in [1.29, 1.82) is 0 Å². The third kappa shape index (κ3) is 3.28. The van der Waals surface area contributed by atoms with Crippen LogP contribution in [0.4, 0.5) is 4.39 Å². The molecule has 1 unspecified atom stereocenters. The zero-order chi connectivity index (χ0) is 15.5. The standard InChI is InChI=1S/C15H21FO4/c1-6-20-14(18)12(17)11-9(2)7-8-10(13(11)19-5)15(3,4)16/h7-8,12,17H,6H2,1-5H3. The van der Waals surface area contributed by atoms with Gasteiger partial charge in [-0.3, -0.25) is 0 Å². The van der Waals surface area contributed by atoms with Crippen LogP contribution in [0.15, 0.2) is 12.1 Å². The number of aliphatic hydroxyl groups excluding tert-OH is 1. The van der Waals surface area contributed by atoms with Crippen LogP contribution in [0.1, 0.15) is 43.6 Å². The van der Waals surface area contributed by atoms with E-state index in [1.54, 1.807) is 26.0 Å². The van der Waals surface area contributed by atoms with Crippen LogP contribution >= 0.6 is 0 Å². The van der Waals surface area contributed by atoms with Crippen molar-refractivity contribution in [1.82, 2.24) is 0 Å². The minimum absolute atomic E-state index is 0.158. The Kier molecular flexibility index (Phi) is 5.11. The number of hydrogen-bond acceptors (Lipinski definition) is 4. The van der Waals surface area contributed by atoms with Crippen molar-refractivity contribution >= 4 is 5.97 Å². The van der Waals surface area contributed by atoms with E-state index in [0.29, 0.717) is 5.56 Å². The molecule has 0 spiro atoms. The lowest BCUT2D eigenvalue weighted by molar-refractivity contribution is -0.153. The molecule has 0 radical (unpaired) electrons. The number of esters is 1. The average molecular weight is 284 g/mol. The Bertz CT molecular complexity index is 491. The van der Waals surface area contributed by atoms with Crippen molar-refractivity contribution in [2.45, 2.75) is 39.5 Å². The monoisotopic (exact) mass is 284 g/mol. The van der Waals surface area contributed by atoms with Gasteiger partial charge in [-0.25, -0.2) is 9.18 Å². The fourth-order valence-corrected chi connectivity index (χ4v) is 2.06. The van der Waals surface area contributed by atoms with Crippen molar-refractivity contribution in [2.24, 2.45) is 0 Å². The van der Waals surface area contributed by atoms with Crippen molar-refractivity contribution in [3.05, 3.63) is 28.8 Å². The number of ether oxygens (including phenoxy) is 2. The van der Waals surface area contributed by atoms with Gasteiger partial charge in [0, 0.05) is 11.1 Å². The zero-order valence-electron chi connectivity index (χ0n) is 12.5. The number of carbonyl (C=O) groups excluding carboxylic acids is 1. The Hall–Kier alpha value is -1.62. The summed E-state index contributed by atoms with van der Waals surface area (Å²) in [5.74, 6) is -0.597. The second-order valence-electron chi connectivity index (χ2n) is 5.00. The van der Waals surface area contributed by atoms with Gasteiger partial charge in [-0.05, 0) is 33.3 Å². The quantitative estimate of drug-likeness (QED) is 0.845. The van der Waals surface area contributed by atoms with Gasteiger partial charge in [0.05, 0.1) is 13.7 Å². The molecule has 0 aliphatic heterocycles. The summed E-state index contributed by atoms with van der Waals surface area (Å²) < 4.78 is 24.2. The molecule has 0 saturated heterocycles. The maximum Gasteiger partial charge on any atom is 0.339 e. The van der Waals surface area contributed by atoms with Crippen LogP contribution in [-0.2, 0) is 15.2 Å². The van der Waals surface area contributed by atoms with E-state index in [9.17, 15) is 14.3 Å². The lowest BCUT2D eigenvalue weighted by Gasteiger charge is -2.23. The summed E-state index contributed by atoms with van der Waals surface area (Å²) in [6.07, 6.45) is -1.49. The number of halogens is 1. The largest absolute Gasteiger partial charge is 0.496 e. The third-order valence-corrected chi connectivity index (χ3v) is 3.04. The molecule has 112 valence electrons. The molecule has 5 heteroatoms. The number of methoxy groups -OCH3 is 1. The molecule has 0 amide bonds. The first kappa shape index (κ1) is 16.4. The van der Waals surface area contributed by atoms with E-state index >= 15 is 0 Å². The van der Waals surface area contributed by atoms with Gasteiger partial charge >= 0.3 is 5.97 Å². The molecule has 1 atom stereocenters. The van der Waals surface area contributed by atoms with Gasteiger partial charge in [0.2, 0.25) is 0 Å². The van der Waals surface area contributed by atoms with Crippen LogP contribution in [0.2, 0.25) is 0 Å². The van der Waals surface area contributed by atoms with Crippen LogP contribution < -0.4 is 4.74 Å². The number of aryl methyl sites for hydroxylation is 1. The van der Waals surface area contributed by atoms with Gasteiger partial charge < -0.3 is 14.6 Å². The van der Waals surface area contributed by atoms with Crippen LogP contribution in [0.25, 0.3) is 0 Å². The van der Waals surface area contributed by atoms with E-state index in [2.05, 4.69) is 0 Å². The summed E-state index contributed by atoms with van der Waals surface area (Å²) in [7, 11) is 1.38. The first-order valence-electron chi connectivity index (χ1n) is 6.45. The lowest BCUT2D eigenvalue weighted by atomic mass is 9.91. The molecule has 1 aromatic carbocycles. The Labute approximate surface area is 118 Å². The number of alkyl halides is 1. The summed E-state index contributed by atoms with van der Waals surface area (Å²) >= 11 is 0. The summed E-state index contributed by atoms with van der Waals surface area (Å²) in [6.45, 7) is 6.30. The van der Waals surface area contributed by atoms with Gasteiger partial charge in [-0.1, -0.05) is 12.1 Å². The molecule has 0 fully saturated rings. The van der Waals surface area contributed by atoms with Crippen molar-refractivity contribution in [2.75, 3.05) is 13.7 Å². The van der Waals surface area contributed by atoms with E-state index in [4.69, 9.17) is 9.47 Å². The maximum absolute atomic E-state index is 14.2. The predicted octanol–water partition coefficient (Wildman–Crippen LogP) is 2.80. The Morgan fingerprint density at radius 1 is 1.45 bits per heavy atom. The molecule has 0 heterocycles. The SMILES string of the molecule is CCOC(=O)C(O)c1c(C)ccc(C(C)(C)F)c1OC. The Morgan fingerprint density at radius 3 is 2.50 bits per heavy atom. The Morgan fingerprint density at radius 2 is 2.05 bits per heavy atom. The second kappa shape index (κ2) is 6.22. The minimum atomic E-state index is -1.65. The van der Waals surface area contributed by atoms with Crippen LogP contribution in [-0.4, -0.2) is 24.8 Å². The number of rotatable bonds is 5. The smallest absolute Gasteiger partial charge is 0.339 e. The van der Waals surface area contributed by atoms with Gasteiger partial charge in [0.25, 0.3) is 0 Å². The van der Waals surface area contributed by atoms with Crippen molar-refractivity contribution in [3.63, 3.8) is 0 Å². The number of hydrogen-bond donors (Lipinski definition) is 1. The number of carbonyl (C=O) groups is 1. The van der Waals surface area contributed by atoms with Crippen molar-refractivity contribution in [3.8, 4) is 5.75 Å². The van der Waals surface area contributed by atoms with Crippen LogP contribution in [0.5, 0.6) is 5.75 Å². The molecule has 0 bridgehead atoms. The highest BCUT2D eigenvalue weighted by Gasteiger charge is 2.31. The first-order chi connectivity index (χ1) is 9.23. The second-order valence-corrected chi connectivity index (χ2v) is 5.00. The summed E-state index contributed by atoms with van der Waals surface area (Å²) in [5.41, 5.74) is -0.490. The van der Waals surface area contributed by atoms with Gasteiger partial charge in [-0.2, -0.15) is 0 Å².